The maximum absolute atomic E-state index is 13.4. The molecule has 0 atom stereocenters. The van der Waals surface area contributed by atoms with Gasteiger partial charge in [0.15, 0.2) is 5.69 Å². The van der Waals surface area contributed by atoms with Crippen LogP contribution in [0.1, 0.15) is 16.1 Å². The van der Waals surface area contributed by atoms with Crippen molar-refractivity contribution in [2.45, 2.75) is 6.54 Å². The largest absolute Gasteiger partial charge is 0.346 e. The Morgan fingerprint density at radius 3 is 2.50 bits per heavy atom. The standard InChI is InChI=1S/C17H13F2N3O2/c1-22-14-7-6-12(19)8-13(14)16(23)15(21-22)17(24)20-9-10-2-4-11(18)5-3-10/h2-8H,9H2,1H3,(H,20,24). The number of aromatic nitrogens is 2. The van der Waals surface area contributed by atoms with E-state index in [2.05, 4.69) is 10.4 Å². The van der Waals surface area contributed by atoms with Crippen LogP contribution in [-0.4, -0.2) is 15.7 Å². The number of carbonyl (C=O) groups excluding carboxylic acids is 1. The summed E-state index contributed by atoms with van der Waals surface area (Å²) in [4.78, 5) is 24.6. The molecule has 0 aliphatic rings. The summed E-state index contributed by atoms with van der Waals surface area (Å²) in [7, 11) is 1.57. The van der Waals surface area contributed by atoms with Gasteiger partial charge in [0.25, 0.3) is 5.91 Å². The molecule has 7 heteroatoms. The van der Waals surface area contributed by atoms with Gasteiger partial charge in [0.05, 0.1) is 10.9 Å². The first-order valence-corrected chi connectivity index (χ1v) is 7.15. The Morgan fingerprint density at radius 2 is 1.79 bits per heavy atom. The van der Waals surface area contributed by atoms with Crippen LogP contribution < -0.4 is 10.7 Å². The molecule has 0 bridgehead atoms. The Balaban J connectivity index is 1.91. The molecular formula is C17H13F2N3O2. The van der Waals surface area contributed by atoms with Gasteiger partial charge in [0.2, 0.25) is 5.43 Å². The van der Waals surface area contributed by atoms with Crippen molar-refractivity contribution in [2.24, 2.45) is 7.05 Å². The number of carbonyl (C=O) groups is 1. The lowest BCUT2D eigenvalue weighted by Crippen LogP contribution is -2.31. The summed E-state index contributed by atoms with van der Waals surface area (Å²) in [5.41, 5.74) is 0.141. The summed E-state index contributed by atoms with van der Waals surface area (Å²) in [6.45, 7) is 0.116. The first-order chi connectivity index (χ1) is 11.5. The molecule has 3 aromatic rings. The van der Waals surface area contributed by atoms with Gasteiger partial charge in [0, 0.05) is 13.6 Å². The smallest absolute Gasteiger partial charge is 0.276 e. The van der Waals surface area contributed by atoms with Gasteiger partial charge in [-0.3, -0.25) is 14.3 Å². The molecule has 0 saturated heterocycles. The number of fused-ring (bicyclic) bond motifs is 1. The second kappa shape index (κ2) is 6.19. The summed E-state index contributed by atoms with van der Waals surface area (Å²) in [6, 6.07) is 9.33. The van der Waals surface area contributed by atoms with E-state index >= 15 is 0 Å². The van der Waals surface area contributed by atoms with Crippen molar-refractivity contribution in [3.63, 3.8) is 0 Å². The van der Waals surface area contributed by atoms with Gasteiger partial charge < -0.3 is 5.32 Å². The van der Waals surface area contributed by atoms with Crippen LogP contribution in [0.2, 0.25) is 0 Å². The highest BCUT2D eigenvalue weighted by molar-refractivity contribution is 5.95. The average molecular weight is 329 g/mol. The molecule has 0 aliphatic heterocycles. The zero-order chi connectivity index (χ0) is 17.3. The molecule has 1 heterocycles. The molecule has 0 fully saturated rings. The number of nitrogens with one attached hydrogen (secondary N) is 1. The Morgan fingerprint density at radius 1 is 1.12 bits per heavy atom. The molecule has 3 rings (SSSR count). The van der Waals surface area contributed by atoms with Crippen LogP contribution in [0.4, 0.5) is 8.78 Å². The van der Waals surface area contributed by atoms with Crippen molar-refractivity contribution in [3.05, 3.63) is 75.6 Å². The van der Waals surface area contributed by atoms with Gasteiger partial charge in [-0.2, -0.15) is 5.10 Å². The van der Waals surface area contributed by atoms with Crippen LogP contribution in [0.25, 0.3) is 10.9 Å². The van der Waals surface area contributed by atoms with Gasteiger partial charge in [-0.15, -0.1) is 0 Å². The Hall–Kier alpha value is -3.09. The van der Waals surface area contributed by atoms with Crippen LogP contribution in [0, 0.1) is 11.6 Å². The number of rotatable bonds is 3. The molecule has 0 saturated carbocycles. The van der Waals surface area contributed by atoms with Gasteiger partial charge in [-0.05, 0) is 35.9 Å². The zero-order valence-corrected chi connectivity index (χ0v) is 12.7. The van der Waals surface area contributed by atoms with E-state index < -0.39 is 17.2 Å². The minimum absolute atomic E-state index is 0.0828. The van der Waals surface area contributed by atoms with E-state index in [-0.39, 0.29) is 23.4 Å². The summed E-state index contributed by atoms with van der Waals surface area (Å²) in [5, 5.41) is 6.60. The van der Waals surface area contributed by atoms with Crippen molar-refractivity contribution in [1.82, 2.24) is 15.1 Å². The van der Waals surface area contributed by atoms with E-state index in [1.54, 1.807) is 7.05 Å². The first kappa shape index (κ1) is 15.8. The Kier molecular flexibility index (Phi) is 4.07. The Labute approximate surface area is 135 Å². The van der Waals surface area contributed by atoms with Crippen LogP contribution in [-0.2, 0) is 13.6 Å². The van der Waals surface area contributed by atoms with Gasteiger partial charge in [-0.1, -0.05) is 12.1 Å². The summed E-state index contributed by atoms with van der Waals surface area (Å²) in [5.74, 6) is -1.62. The lowest BCUT2D eigenvalue weighted by Gasteiger charge is -2.08. The molecule has 1 N–H and O–H groups in total. The van der Waals surface area contributed by atoms with Crippen LogP contribution >= 0.6 is 0 Å². The molecular weight excluding hydrogens is 316 g/mol. The molecule has 0 aliphatic carbocycles. The quantitative estimate of drug-likeness (QED) is 0.801. The second-order valence-corrected chi connectivity index (χ2v) is 5.27. The van der Waals surface area contributed by atoms with Crippen LogP contribution in [0.3, 0.4) is 0 Å². The second-order valence-electron chi connectivity index (χ2n) is 5.27. The predicted octanol–water partition coefficient (Wildman–Crippen LogP) is 2.14. The fraction of sp³-hybridized carbons (Fsp3) is 0.118. The minimum Gasteiger partial charge on any atom is -0.346 e. The summed E-state index contributed by atoms with van der Waals surface area (Å²) < 4.78 is 27.6. The molecule has 2 aromatic carbocycles. The molecule has 1 aromatic heterocycles. The van der Waals surface area contributed by atoms with Crippen molar-refractivity contribution in [3.8, 4) is 0 Å². The van der Waals surface area contributed by atoms with E-state index in [0.29, 0.717) is 11.1 Å². The highest BCUT2D eigenvalue weighted by Crippen LogP contribution is 2.11. The van der Waals surface area contributed by atoms with Crippen molar-refractivity contribution >= 4 is 16.8 Å². The third kappa shape index (κ3) is 3.01. The molecule has 5 nitrogen and oxygen atoms in total. The summed E-state index contributed by atoms with van der Waals surface area (Å²) in [6.07, 6.45) is 0. The maximum Gasteiger partial charge on any atom is 0.276 e. The predicted molar refractivity (Wildman–Crippen MR) is 84.5 cm³/mol. The number of amides is 1. The molecule has 0 spiro atoms. The minimum atomic E-state index is -0.675. The monoisotopic (exact) mass is 329 g/mol. The van der Waals surface area contributed by atoms with Crippen molar-refractivity contribution in [2.75, 3.05) is 0 Å². The fourth-order valence-electron chi connectivity index (χ4n) is 2.37. The molecule has 0 unspecified atom stereocenters. The highest BCUT2D eigenvalue weighted by atomic mass is 19.1. The van der Waals surface area contributed by atoms with E-state index in [1.165, 1.54) is 41.1 Å². The summed E-state index contributed by atoms with van der Waals surface area (Å²) >= 11 is 0. The number of aryl methyl sites for hydroxylation is 1. The van der Waals surface area contributed by atoms with E-state index in [0.717, 1.165) is 6.07 Å². The number of halogens is 2. The van der Waals surface area contributed by atoms with Crippen molar-refractivity contribution in [1.29, 1.82) is 0 Å². The van der Waals surface area contributed by atoms with Crippen molar-refractivity contribution < 1.29 is 13.6 Å². The van der Waals surface area contributed by atoms with E-state index in [9.17, 15) is 18.4 Å². The molecule has 122 valence electrons. The number of nitrogens with zero attached hydrogens (tertiary/aromatic N) is 2. The van der Waals surface area contributed by atoms with E-state index in [4.69, 9.17) is 0 Å². The normalized spacial score (nSPS) is 10.8. The van der Waals surface area contributed by atoms with E-state index in [1.807, 2.05) is 0 Å². The maximum atomic E-state index is 13.4. The number of hydrogen-bond donors (Lipinski definition) is 1. The van der Waals surface area contributed by atoms with Gasteiger partial charge >= 0.3 is 0 Å². The number of benzene rings is 2. The topological polar surface area (TPSA) is 64.0 Å². The van der Waals surface area contributed by atoms with Crippen LogP contribution in [0.5, 0.6) is 0 Å². The molecule has 0 radical (unpaired) electrons. The van der Waals surface area contributed by atoms with Gasteiger partial charge in [-0.25, -0.2) is 8.78 Å². The molecule has 24 heavy (non-hydrogen) atoms. The SMILES string of the molecule is Cn1nc(C(=O)NCc2ccc(F)cc2)c(=O)c2cc(F)ccc21. The highest BCUT2D eigenvalue weighted by Gasteiger charge is 2.16. The van der Waals surface area contributed by atoms with Gasteiger partial charge in [0.1, 0.15) is 11.6 Å². The average Bonchev–Trinajstić information content (AvgIpc) is 2.57. The fourth-order valence-corrected chi connectivity index (χ4v) is 2.37. The lowest BCUT2D eigenvalue weighted by molar-refractivity contribution is 0.0943. The molecule has 1 amide bonds. The van der Waals surface area contributed by atoms with Crippen LogP contribution in [0.15, 0.2) is 47.3 Å². The third-order valence-corrected chi connectivity index (χ3v) is 3.60. The third-order valence-electron chi connectivity index (χ3n) is 3.60. The number of hydrogen-bond acceptors (Lipinski definition) is 3. The first-order valence-electron chi connectivity index (χ1n) is 7.15. The Bertz CT molecular complexity index is 982. The zero-order valence-electron chi connectivity index (χ0n) is 12.7. The lowest BCUT2D eigenvalue weighted by atomic mass is 10.2.